The van der Waals surface area contributed by atoms with Gasteiger partial charge in [-0.3, -0.25) is 9.59 Å². The second-order valence-electron chi connectivity index (χ2n) is 6.31. The summed E-state index contributed by atoms with van der Waals surface area (Å²) in [6.07, 6.45) is 2.89. The van der Waals surface area contributed by atoms with Gasteiger partial charge < -0.3 is 19.5 Å². The first-order valence-corrected chi connectivity index (χ1v) is 8.78. The molecule has 7 nitrogen and oxygen atoms in total. The average molecular weight is 363 g/mol. The number of ether oxygens (including phenoxy) is 2. The number of methoxy groups -OCH3 is 1. The molecular formula is C19H25NO6. The third kappa shape index (κ3) is 4.97. The molecule has 7 heteroatoms. The number of aliphatic carboxylic acids is 1. The number of nitrogens with zero attached hydrogens (tertiary/aromatic N) is 1. The van der Waals surface area contributed by atoms with Crippen LogP contribution in [0.5, 0.6) is 11.5 Å². The van der Waals surface area contributed by atoms with Gasteiger partial charge in [0.05, 0.1) is 13.7 Å². The fourth-order valence-corrected chi connectivity index (χ4v) is 3.04. The zero-order valence-corrected chi connectivity index (χ0v) is 15.2. The highest BCUT2D eigenvalue weighted by atomic mass is 16.5. The first-order valence-electron chi connectivity index (χ1n) is 8.78. The van der Waals surface area contributed by atoms with E-state index in [1.165, 1.54) is 18.9 Å². The van der Waals surface area contributed by atoms with E-state index in [0.717, 1.165) is 12.8 Å². The van der Waals surface area contributed by atoms with Crippen LogP contribution in [0.2, 0.25) is 0 Å². The smallest absolute Gasteiger partial charge is 0.326 e. The second-order valence-corrected chi connectivity index (χ2v) is 6.31. The van der Waals surface area contributed by atoms with E-state index in [-0.39, 0.29) is 18.1 Å². The SMILES string of the molecule is COc1cc(C(C)=O)ccc1OCCCC(=O)N1CCCCC1C(=O)O. The number of carboxylic acid groups (broad SMARTS) is 1. The number of benzene rings is 1. The largest absolute Gasteiger partial charge is 0.493 e. The first-order chi connectivity index (χ1) is 12.4. The molecule has 0 bridgehead atoms. The van der Waals surface area contributed by atoms with E-state index in [0.29, 0.717) is 43.1 Å². The van der Waals surface area contributed by atoms with Gasteiger partial charge in [-0.15, -0.1) is 0 Å². The van der Waals surface area contributed by atoms with Gasteiger partial charge >= 0.3 is 5.97 Å². The lowest BCUT2D eigenvalue weighted by Crippen LogP contribution is -2.47. The molecule has 1 unspecified atom stereocenters. The molecule has 0 aliphatic carbocycles. The molecule has 26 heavy (non-hydrogen) atoms. The van der Waals surface area contributed by atoms with Gasteiger partial charge in [0.25, 0.3) is 0 Å². The van der Waals surface area contributed by atoms with Crippen molar-refractivity contribution in [1.29, 1.82) is 0 Å². The number of ketones is 1. The standard InChI is InChI=1S/C19H25NO6/c1-13(21)14-8-9-16(17(12-14)25-2)26-11-5-7-18(22)20-10-4-3-6-15(20)19(23)24/h8-9,12,15H,3-7,10-11H2,1-2H3,(H,23,24). The topological polar surface area (TPSA) is 93.1 Å². The summed E-state index contributed by atoms with van der Waals surface area (Å²) >= 11 is 0. The highest BCUT2D eigenvalue weighted by Crippen LogP contribution is 2.28. The molecule has 142 valence electrons. The summed E-state index contributed by atoms with van der Waals surface area (Å²) in [5.74, 6) is -0.184. The van der Waals surface area contributed by atoms with E-state index in [4.69, 9.17) is 9.47 Å². The zero-order chi connectivity index (χ0) is 19.1. The van der Waals surface area contributed by atoms with Crippen LogP contribution in [0.1, 0.15) is 49.4 Å². The van der Waals surface area contributed by atoms with Gasteiger partial charge in [-0.05, 0) is 50.8 Å². The molecule has 0 aromatic heterocycles. The molecule has 1 aliphatic heterocycles. The molecule has 1 amide bonds. The van der Waals surface area contributed by atoms with Crippen LogP contribution in [0, 0.1) is 0 Å². The predicted octanol–water partition coefficient (Wildman–Crippen LogP) is 2.52. The first kappa shape index (κ1) is 19.8. The van der Waals surface area contributed by atoms with Crippen LogP contribution >= 0.6 is 0 Å². The quantitative estimate of drug-likeness (QED) is 0.563. The van der Waals surface area contributed by atoms with Crippen molar-refractivity contribution in [1.82, 2.24) is 4.90 Å². The summed E-state index contributed by atoms with van der Waals surface area (Å²) in [4.78, 5) is 36.5. The molecule has 1 saturated heterocycles. The van der Waals surface area contributed by atoms with Crippen molar-refractivity contribution in [3.63, 3.8) is 0 Å². The summed E-state index contributed by atoms with van der Waals surface area (Å²) in [7, 11) is 1.50. The van der Waals surface area contributed by atoms with Crippen LogP contribution in [0.15, 0.2) is 18.2 Å². The molecule has 1 aliphatic rings. The molecule has 1 heterocycles. The van der Waals surface area contributed by atoms with Gasteiger partial charge in [0.1, 0.15) is 6.04 Å². The van der Waals surface area contributed by atoms with Gasteiger partial charge in [0.2, 0.25) is 5.91 Å². The molecule has 0 saturated carbocycles. The van der Waals surface area contributed by atoms with Crippen molar-refractivity contribution in [3.05, 3.63) is 23.8 Å². The van der Waals surface area contributed by atoms with E-state index in [2.05, 4.69) is 0 Å². The maximum atomic E-state index is 12.3. The molecule has 1 N–H and O–H groups in total. The van der Waals surface area contributed by atoms with E-state index in [1.807, 2.05) is 0 Å². The third-order valence-electron chi connectivity index (χ3n) is 4.47. The summed E-state index contributed by atoms with van der Waals surface area (Å²) in [6.45, 7) is 2.27. The normalized spacial score (nSPS) is 16.8. The molecular weight excluding hydrogens is 338 g/mol. The Bertz CT molecular complexity index is 672. The lowest BCUT2D eigenvalue weighted by molar-refractivity contribution is -0.152. The Labute approximate surface area is 152 Å². The third-order valence-corrected chi connectivity index (χ3v) is 4.47. The number of rotatable bonds is 8. The Balaban J connectivity index is 1.85. The minimum Gasteiger partial charge on any atom is -0.493 e. The molecule has 1 atom stereocenters. The maximum Gasteiger partial charge on any atom is 0.326 e. The van der Waals surface area contributed by atoms with Crippen LogP contribution in [0.25, 0.3) is 0 Å². The lowest BCUT2D eigenvalue weighted by atomic mass is 10.0. The molecule has 1 aromatic rings. The van der Waals surface area contributed by atoms with E-state index >= 15 is 0 Å². The van der Waals surface area contributed by atoms with Crippen molar-refractivity contribution >= 4 is 17.7 Å². The van der Waals surface area contributed by atoms with Crippen molar-refractivity contribution < 1.29 is 29.0 Å². The number of hydrogen-bond acceptors (Lipinski definition) is 5. The summed E-state index contributed by atoms with van der Waals surface area (Å²) in [6, 6.07) is 4.24. The van der Waals surface area contributed by atoms with Crippen molar-refractivity contribution in [3.8, 4) is 11.5 Å². The fraction of sp³-hybridized carbons (Fsp3) is 0.526. The predicted molar refractivity (Wildman–Crippen MR) is 94.7 cm³/mol. The van der Waals surface area contributed by atoms with Gasteiger partial charge in [0.15, 0.2) is 17.3 Å². The van der Waals surface area contributed by atoms with Crippen LogP contribution in [0.4, 0.5) is 0 Å². The number of likely N-dealkylation sites (tertiary alicyclic amines) is 1. The van der Waals surface area contributed by atoms with Gasteiger partial charge in [0, 0.05) is 18.5 Å². The highest BCUT2D eigenvalue weighted by molar-refractivity contribution is 5.94. The molecule has 0 radical (unpaired) electrons. The van der Waals surface area contributed by atoms with Crippen LogP contribution < -0.4 is 9.47 Å². The number of amides is 1. The Morgan fingerprint density at radius 1 is 1.23 bits per heavy atom. The number of Topliss-reactive ketones (excluding diaryl/α,β-unsaturated/α-hetero) is 1. The van der Waals surface area contributed by atoms with Gasteiger partial charge in [-0.25, -0.2) is 4.79 Å². The van der Waals surface area contributed by atoms with E-state index in [9.17, 15) is 19.5 Å². The molecule has 1 aromatic carbocycles. The number of carbonyl (C=O) groups excluding carboxylic acids is 2. The molecule has 2 rings (SSSR count). The van der Waals surface area contributed by atoms with Crippen molar-refractivity contribution in [2.75, 3.05) is 20.3 Å². The minimum atomic E-state index is -0.940. The van der Waals surface area contributed by atoms with Crippen LogP contribution in [-0.2, 0) is 9.59 Å². The number of carboxylic acids is 1. The monoisotopic (exact) mass is 363 g/mol. The highest BCUT2D eigenvalue weighted by Gasteiger charge is 2.31. The Hall–Kier alpha value is -2.57. The Kier molecular flexibility index (Phi) is 7.00. The Morgan fingerprint density at radius 3 is 2.65 bits per heavy atom. The lowest BCUT2D eigenvalue weighted by Gasteiger charge is -2.33. The van der Waals surface area contributed by atoms with Crippen LogP contribution in [0.3, 0.4) is 0 Å². The fourth-order valence-electron chi connectivity index (χ4n) is 3.04. The second kappa shape index (κ2) is 9.22. The molecule has 0 spiro atoms. The maximum absolute atomic E-state index is 12.3. The van der Waals surface area contributed by atoms with E-state index < -0.39 is 12.0 Å². The van der Waals surface area contributed by atoms with Gasteiger partial charge in [-0.1, -0.05) is 0 Å². The number of piperidine rings is 1. The zero-order valence-electron chi connectivity index (χ0n) is 15.2. The number of hydrogen-bond donors (Lipinski definition) is 1. The Morgan fingerprint density at radius 2 is 2.00 bits per heavy atom. The minimum absolute atomic E-state index is 0.0602. The van der Waals surface area contributed by atoms with Crippen LogP contribution in [-0.4, -0.2) is 54.0 Å². The average Bonchev–Trinajstić information content (AvgIpc) is 2.64. The number of carbonyl (C=O) groups is 3. The summed E-state index contributed by atoms with van der Waals surface area (Å²) < 4.78 is 10.9. The van der Waals surface area contributed by atoms with Crippen molar-refractivity contribution in [2.24, 2.45) is 0 Å². The molecule has 1 fully saturated rings. The van der Waals surface area contributed by atoms with Gasteiger partial charge in [-0.2, -0.15) is 0 Å². The summed E-state index contributed by atoms with van der Waals surface area (Å²) in [5, 5.41) is 9.24. The van der Waals surface area contributed by atoms with E-state index in [1.54, 1.807) is 18.2 Å². The summed E-state index contributed by atoms with van der Waals surface area (Å²) in [5.41, 5.74) is 0.536. The van der Waals surface area contributed by atoms with Crippen molar-refractivity contribution in [2.45, 2.75) is 45.1 Å².